The monoisotopic (exact) mass is 262 g/mol. The molecule has 0 unspecified atom stereocenters. The van der Waals surface area contributed by atoms with Gasteiger partial charge in [0, 0.05) is 0 Å². The predicted molar refractivity (Wildman–Crippen MR) is 63.6 cm³/mol. The molecule has 6 heteroatoms. The second-order valence-corrected chi connectivity index (χ2v) is 5.70. The van der Waals surface area contributed by atoms with Crippen LogP contribution in [0.15, 0.2) is 0 Å². The summed E-state index contributed by atoms with van der Waals surface area (Å²) < 4.78 is 9.93. The molecule has 0 aliphatic carbocycles. The highest BCUT2D eigenvalue weighted by atomic mass is 17.2. The molecule has 18 heavy (non-hydrogen) atoms. The maximum atomic E-state index is 11.2. The van der Waals surface area contributed by atoms with Gasteiger partial charge in [-0.1, -0.05) is 0 Å². The maximum Gasteiger partial charge on any atom is 0.335 e. The summed E-state index contributed by atoms with van der Waals surface area (Å²) in [6.07, 6.45) is 0. The Hall–Kier alpha value is -1.14. The molecule has 0 aromatic heterocycles. The Morgan fingerprint density at radius 1 is 0.722 bits per heavy atom. The van der Waals surface area contributed by atoms with Crippen molar-refractivity contribution in [3.05, 3.63) is 0 Å². The van der Waals surface area contributed by atoms with Crippen molar-refractivity contribution in [3.8, 4) is 0 Å². The van der Waals surface area contributed by atoms with Gasteiger partial charge in [0.25, 0.3) is 0 Å². The van der Waals surface area contributed by atoms with Crippen LogP contribution in [0.3, 0.4) is 0 Å². The van der Waals surface area contributed by atoms with E-state index < -0.39 is 23.1 Å². The van der Waals surface area contributed by atoms with Crippen LogP contribution in [0.1, 0.15) is 41.5 Å². The van der Waals surface area contributed by atoms with Gasteiger partial charge in [-0.15, -0.1) is 0 Å². The van der Waals surface area contributed by atoms with Crippen LogP contribution in [-0.4, -0.2) is 36.4 Å². The number of hydrogen-bond acceptors (Lipinski definition) is 6. The van der Waals surface area contributed by atoms with E-state index in [1.807, 2.05) is 0 Å². The second-order valence-electron chi connectivity index (χ2n) is 5.70. The van der Waals surface area contributed by atoms with Crippen LogP contribution in [0.5, 0.6) is 0 Å². The first kappa shape index (κ1) is 16.9. The van der Waals surface area contributed by atoms with Crippen LogP contribution >= 0.6 is 0 Å². The van der Waals surface area contributed by atoms with E-state index in [4.69, 9.17) is 9.47 Å². The number of ether oxygens (including phenoxy) is 2. The van der Waals surface area contributed by atoms with E-state index in [0.29, 0.717) is 0 Å². The number of esters is 2. The van der Waals surface area contributed by atoms with Crippen molar-refractivity contribution in [1.29, 1.82) is 0 Å². The van der Waals surface area contributed by atoms with Gasteiger partial charge in [-0.05, 0) is 41.5 Å². The standard InChI is InChI=1S/C12H22O6/c1-11(2,3)17-9(13)7-15-16-8-10(14)18-12(4,5)6/h7-8H2,1-6H3. The zero-order valence-electron chi connectivity index (χ0n) is 11.9. The third kappa shape index (κ3) is 11.3. The zero-order chi connectivity index (χ0) is 14.4. The first-order valence-corrected chi connectivity index (χ1v) is 5.68. The largest absolute Gasteiger partial charge is 0.458 e. The third-order valence-corrected chi connectivity index (χ3v) is 1.28. The molecule has 6 nitrogen and oxygen atoms in total. The Labute approximate surface area is 107 Å². The molecule has 0 bridgehead atoms. The van der Waals surface area contributed by atoms with Crippen molar-refractivity contribution >= 4 is 11.9 Å². The van der Waals surface area contributed by atoms with E-state index in [2.05, 4.69) is 9.78 Å². The first-order valence-electron chi connectivity index (χ1n) is 5.68. The second kappa shape index (κ2) is 6.70. The molecular formula is C12H22O6. The molecule has 0 spiro atoms. The van der Waals surface area contributed by atoms with Crippen molar-refractivity contribution in [2.24, 2.45) is 0 Å². The van der Waals surface area contributed by atoms with Gasteiger partial charge in [0.1, 0.15) is 11.2 Å². The molecule has 0 N–H and O–H groups in total. The summed E-state index contributed by atoms with van der Waals surface area (Å²) in [4.78, 5) is 31.5. The highest BCUT2D eigenvalue weighted by Gasteiger charge is 2.18. The molecule has 106 valence electrons. The SMILES string of the molecule is CC(C)(C)OC(=O)COOCC(=O)OC(C)(C)C. The molecule has 0 aliphatic heterocycles. The molecular weight excluding hydrogens is 240 g/mol. The molecule has 0 aromatic rings. The van der Waals surface area contributed by atoms with Crippen LogP contribution in [0.25, 0.3) is 0 Å². The van der Waals surface area contributed by atoms with Crippen molar-refractivity contribution in [2.45, 2.75) is 52.7 Å². The normalized spacial score (nSPS) is 12.1. The lowest BCUT2D eigenvalue weighted by molar-refractivity contribution is -0.293. The molecule has 0 amide bonds. The van der Waals surface area contributed by atoms with E-state index >= 15 is 0 Å². The molecule has 0 saturated heterocycles. The van der Waals surface area contributed by atoms with Crippen LogP contribution in [0.4, 0.5) is 0 Å². The van der Waals surface area contributed by atoms with Gasteiger partial charge in [0.05, 0.1) is 0 Å². The first-order chi connectivity index (χ1) is 7.99. The minimum atomic E-state index is -0.578. The number of rotatable bonds is 5. The van der Waals surface area contributed by atoms with Crippen LogP contribution in [-0.2, 0) is 28.8 Å². The Balaban J connectivity index is 3.69. The number of carbonyl (C=O) groups excluding carboxylic acids is 2. The van der Waals surface area contributed by atoms with Crippen molar-refractivity contribution in [3.63, 3.8) is 0 Å². The Morgan fingerprint density at radius 3 is 1.22 bits per heavy atom. The van der Waals surface area contributed by atoms with E-state index in [0.717, 1.165) is 0 Å². The molecule has 0 aliphatic rings. The molecule has 0 heterocycles. The molecule has 0 saturated carbocycles. The Kier molecular flexibility index (Phi) is 6.28. The van der Waals surface area contributed by atoms with E-state index in [1.165, 1.54) is 0 Å². The third-order valence-electron chi connectivity index (χ3n) is 1.28. The van der Waals surface area contributed by atoms with Crippen LogP contribution in [0, 0.1) is 0 Å². The molecule has 0 atom stereocenters. The number of carbonyl (C=O) groups is 2. The summed E-state index contributed by atoms with van der Waals surface area (Å²) in [5.41, 5.74) is -1.16. The van der Waals surface area contributed by atoms with Crippen molar-refractivity contribution in [1.82, 2.24) is 0 Å². The maximum absolute atomic E-state index is 11.2. The average molecular weight is 262 g/mol. The van der Waals surface area contributed by atoms with Crippen LogP contribution < -0.4 is 0 Å². The summed E-state index contributed by atoms with van der Waals surface area (Å²) >= 11 is 0. The minimum Gasteiger partial charge on any atom is -0.458 e. The molecule has 0 fully saturated rings. The molecule has 0 aromatic carbocycles. The molecule has 0 radical (unpaired) electrons. The Morgan fingerprint density at radius 2 is 1.00 bits per heavy atom. The molecule has 0 rings (SSSR count). The predicted octanol–water partition coefficient (Wildman–Crippen LogP) is 1.62. The average Bonchev–Trinajstić information content (AvgIpc) is 2.06. The zero-order valence-corrected chi connectivity index (χ0v) is 11.9. The van der Waals surface area contributed by atoms with Crippen molar-refractivity contribution in [2.75, 3.05) is 13.2 Å². The topological polar surface area (TPSA) is 71.1 Å². The highest BCUT2D eigenvalue weighted by Crippen LogP contribution is 2.08. The summed E-state index contributed by atoms with van der Waals surface area (Å²) in [6, 6.07) is 0. The summed E-state index contributed by atoms with van der Waals surface area (Å²) in [6.45, 7) is 9.71. The Bertz CT molecular complexity index is 254. The van der Waals surface area contributed by atoms with Gasteiger partial charge in [-0.2, -0.15) is 0 Å². The van der Waals surface area contributed by atoms with Gasteiger partial charge in [-0.3, -0.25) is 0 Å². The fraction of sp³-hybridized carbons (Fsp3) is 0.833. The smallest absolute Gasteiger partial charge is 0.335 e. The summed E-state index contributed by atoms with van der Waals surface area (Å²) in [5.74, 6) is -1.13. The summed E-state index contributed by atoms with van der Waals surface area (Å²) in [5, 5.41) is 0. The van der Waals surface area contributed by atoms with E-state index in [-0.39, 0.29) is 13.2 Å². The van der Waals surface area contributed by atoms with Gasteiger partial charge < -0.3 is 9.47 Å². The van der Waals surface area contributed by atoms with Gasteiger partial charge in [0.2, 0.25) is 0 Å². The van der Waals surface area contributed by atoms with E-state index in [9.17, 15) is 9.59 Å². The number of hydrogen-bond donors (Lipinski definition) is 0. The van der Waals surface area contributed by atoms with Crippen molar-refractivity contribution < 1.29 is 28.8 Å². The van der Waals surface area contributed by atoms with Gasteiger partial charge in [0.15, 0.2) is 13.2 Å². The summed E-state index contributed by atoms with van der Waals surface area (Å²) in [7, 11) is 0. The highest BCUT2D eigenvalue weighted by molar-refractivity contribution is 5.71. The lowest BCUT2D eigenvalue weighted by Crippen LogP contribution is -2.28. The lowest BCUT2D eigenvalue weighted by atomic mass is 10.2. The fourth-order valence-corrected chi connectivity index (χ4v) is 0.921. The van der Waals surface area contributed by atoms with Gasteiger partial charge in [-0.25, -0.2) is 19.4 Å². The fourth-order valence-electron chi connectivity index (χ4n) is 0.921. The van der Waals surface area contributed by atoms with Gasteiger partial charge >= 0.3 is 11.9 Å². The minimum absolute atomic E-state index is 0.375. The van der Waals surface area contributed by atoms with Crippen LogP contribution in [0.2, 0.25) is 0 Å². The quantitative estimate of drug-likeness (QED) is 0.324. The van der Waals surface area contributed by atoms with E-state index in [1.54, 1.807) is 41.5 Å². The lowest BCUT2D eigenvalue weighted by Gasteiger charge is -2.20.